The number of aromatic nitrogens is 2. The number of hydrogen-bond acceptors (Lipinski definition) is 3. The van der Waals surface area contributed by atoms with E-state index in [4.69, 9.17) is 16.9 Å². The molecule has 1 aliphatic rings. The predicted molar refractivity (Wildman–Crippen MR) is 79.7 cm³/mol. The third-order valence-corrected chi connectivity index (χ3v) is 3.92. The molecule has 1 aromatic carbocycles. The normalized spacial score (nSPS) is 14.1. The van der Waals surface area contributed by atoms with Gasteiger partial charge >= 0.3 is 0 Å². The first kappa shape index (κ1) is 13.9. The van der Waals surface area contributed by atoms with E-state index in [0.29, 0.717) is 24.2 Å². The van der Waals surface area contributed by atoms with Gasteiger partial charge in [0, 0.05) is 19.0 Å². The highest BCUT2D eigenvalue weighted by molar-refractivity contribution is 6.16. The number of imidazole rings is 1. The van der Waals surface area contributed by atoms with Gasteiger partial charge in [0.2, 0.25) is 5.91 Å². The highest BCUT2D eigenvalue weighted by atomic mass is 35.5. The van der Waals surface area contributed by atoms with Crippen molar-refractivity contribution in [3.63, 3.8) is 0 Å². The molecule has 0 unspecified atom stereocenters. The molecule has 1 saturated carbocycles. The van der Waals surface area contributed by atoms with Crippen molar-refractivity contribution in [2.24, 2.45) is 5.92 Å². The van der Waals surface area contributed by atoms with Crippen molar-refractivity contribution in [1.29, 1.82) is 5.26 Å². The highest BCUT2D eigenvalue weighted by Crippen LogP contribution is 2.28. The van der Waals surface area contributed by atoms with Crippen LogP contribution in [0, 0.1) is 17.2 Å². The van der Waals surface area contributed by atoms with Crippen LogP contribution in [0.4, 0.5) is 0 Å². The number of para-hydroxylation sites is 1. The van der Waals surface area contributed by atoms with Crippen LogP contribution >= 0.6 is 11.6 Å². The number of carbonyl (C=O) groups excluding carboxylic acids is 1. The Morgan fingerprint density at radius 3 is 3.00 bits per heavy atom. The van der Waals surface area contributed by atoms with E-state index in [1.54, 1.807) is 6.07 Å². The summed E-state index contributed by atoms with van der Waals surface area (Å²) in [6.07, 6.45) is 2.00. The van der Waals surface area contributed by atoms with Gasteiger partial charge in [0.15, 0.2) is 0 Å². The third-order valence-electron chi connectivity index (χ3n) is 3.68. The van der Waals surface area contributed by atoms with Crippen molar-refractivity contribution in [2.45, 2.75) is 25.3 Å². The molecule has 21 heavy (non-hydrogen) atoms. The van der Waals surface area contributed by atoms with Gasteiger partial charge in [-0.1, -0.05) is 6.07 Å². The van der Waals surface area contributed by atoms with Crippen LogP contribution in [0.25, 0.3) is 11.0 Å². The molecule has 0 atom stereocenters. The Morgan fingerprint density at radius 1 is 1.52 bits per heavy atom. The first-order chi connectivity index (χ1) is 10.2. The highest BCUT2D eigenvalue weighted by Gasteiger charge is 2.29. The molecule has 5 nitrogen and oxygen atoms in total. The van der Waals surface area contributed by atoms with Gasteiger partial charge in [-0.2, -0.15) is 5.26 Å². The molecule has 0 radical (unpaired) electrons. The minimum atomic E-state index is 0.129. The molecule has 2 aromatic rings. The number of amides is 1. The molecule has 1 aliphatic carbocycles. The fourth-order valence-electron chi connectivity index (χ4n) is 2.42. The Hall–Kier alpha value is -2.06. The van der Waals surface area contributed by atoms with Crippen molar-refractivity contribution < 1.29 is 4.79 Å². The standard InChI is InChI=1S/C15H15ClN4O/c16-8-13-19-14-11(9-17)2-1-3-12(14)20(13)7-6-18-15(21)10-4-5-10/h1-3,10H,4-8H2,(H,18,21). The van der Waals surface area contributed by atoms with Crippen molar-refractivity contribution in [1.82, 2.24) is 14.9 Å². The number of fused-ring (bicyclic) bond motifs is 1. The number of hydrogen-bond donors (Lipinski definition) is 1. The first-order valence-corrected chi connectivity index (χ1v) is 7.50. The molecule has 1 N–H and O–H groups in total. The summed E-state index contributed by atoms with van der Waals surface area (Å²) in [6.45, 7) is 1.15. The van der Waals surface area contributed by atoms with E-state index in [1.165, 1.54) is 0 Å². The minimum absolute atomic E-state index is 0.129. The minimum Gasteiger partial charge on any atom is -0.354 e. The Balaban J connectivity index is 1.82. The number of nitrogens with one attached hydrogen (secondary N) is 1. The summed E-state index contributed by atoms with van der Waals surface area (Å²) in [5, 5.41) is 12.1. The molecule has 0 aliphatic heterocycles. The van der Waals surface area contributed by atoms with Gasteiger partial charge in [0.1, 0.15) is 17.4 Å². The summed E-state index contributed by atoms with van der Waals surface area (Å²) in [5.74, 6) is 1.33. The fourth-order valence-corrected chi connectivity index (χ4v) is 2.62. The lowest BCUT2D eigenvalue weighted by molar-refractivity contribution is -0.122. The van der Waals surface area contributed by atoms with E-state index >= 15 is 0 Å². The zero-order valence-electron chi connectivity index (χ0n) is 11.5. The molecule has 1 aromatic heterocycles. The summed E-state index contributed by atoms with van der Waals surface area (Å²) in [7, 11) is 0. The van der Waals surface area contributed by atoms with Crippen molar-refractivity contribution in [2.75, 3.05) is 6.54 Å². The maximum atomic E-state index is 11.6. The van der Waals surface area contributed by atoms with Crippen LogP contribution in [0.2, 0.25) is 0 Å². The smallest absolute Gasteiger partial charge is 0.223 e. The Kier molecular flexibility index (Phi) is 3.80. The van der Waals surface area contributed by atoms with Crippen LogP contribution in [-0.4, -0.2) is 22.0 Å². The number of benzene rings is 1. The molecule has 108 valence electrons. The maximum Gasteiger partial charge on any atom is 0.223 e. The second kappa shape index (κ2) is 5.74. The van der Waals surface area contributed by atoms with Crippen molar-refractivity contribution in [3.05, 3.63) is 29.6 Å². The molecule has 1 heterocycles. The van der Waals surface area contributed by atoms with E-state index in [1.807, 2.05) is 16.7 Å². The van der Waals surface area contributed by atoms with Crippen LogP contribution in [0.1, 0.15) is 24.2 Å². The topological polar surface area (TPSA) is 70.7 Å². The summed E-state index contributed by atoms with van der Waals surface area (Å²) in [4.78, 5) is 16.1. The average molecular weight is 303 g/mol. The molecule has 0 bridgehead atoms. The lowest BCUT2D eigenvalue weighted by Crippen LogP contribution is -2.28. The molecule has 6 heteroatoms. The van der Waals surface area contributed by atoms with Gasteiger partial charge in [-0.15, -0.1) is 11.6 Å². The Bertz CT molecular complexity index is 727. The van der Waals surface area contributed by atoms with Gasteiger partial charge in [0.25, 0.3) is 0 Å². The maximum absolute atomic E-state index is 11.6. The SMILES string of the molecule is N#Cc1cccc2c1nc(CCl)n2CCNC(=O)C1CC1. The third kappa shape index (κ3) is 2.72. The number of rotatable bonds is 5. The number of carbonyl (C=O) groups is 1. The van der Waals surface area contributed by atoms with Gasteiger partial charge in [-0.3, -0.25) is 4.79 Å². The van der Waals surface area contributed by atoms with Gasteiger partial charge in [-0.25, -0.2) is 4.98 Å². The second-order valence-corrected chi connectivity index (χ2v) is 5.43. The predicted octanol–water partition coefficient (Wildman–Crippen LogP) is 2.17. The Labute approximate surface area is 127 Å². The van der Waals surface area contributed by atoms with Crippen LogP contribution in [0.5, 0.6) is 0 Å². The van der Waals surface area contributed by atoms with Crippen LogP contribution in [0.3, 0.4) is 0 Å². The van der Waals surface area contributed by atoms with Gasteiger partial charge in [0.05, 0.1) is 17.0 Å². The summed E-state index contributed by atoms with van der Waals surface area (Å²) < 4.78 is 1.97. The van der Waals surface area contributed by atoms with Crippen LogP contribution in [-0.2, 0) is 17.2 Å². The lowest BCUT2D eigenvalue weighted by atomic mass is 10.2. The molecular weight excluding hydrogens is 288 g/mol. The van der Waals surface area contributed by atoms with E-state index in [-0.39, 0.29) is 17.7 Å². The number of halogens is 1. The Morgan fingerprint density at radius 2 is 2.33 bits per heavy atom. The van der Waals surface area contributed by atoms with Crippen molar-refractivity contribution >= 4 is 28.5 Å². The fraction of sp³-hybridized carbons (Fsp3) is 0.400. The first-order valence-electron chi connectivity index (χ1n) is 6.96. The number of nitriles is 1. The average Bonchev–Trinajstić information content (AvgIpc) is 3.29. The molecule has 1 fully saturated rings. The number of nitrogens with zero attached hydrogens (tertiary/aromatic N) is 3. The monoisotopic (exact) mass is 302 g/mol. The zero-order valence-corrected chi connectivity index (χ0v) is 12.2. The largest absolute Gasteiger partial charge is 0.354 e. The second-order valence-electron chi connectivity index (χ2n) is 5.16. The van der Waals surface area contributed by atoms with E-state index in [9.17, 15) is 4.79 Å². The molecule has 0 spiro atoms. The van der Waals surface area contributed by atoms with Crippen LogP contribution in [0.15, 0.2) is 18.2 Å². The van der Waals surface area contributed by atoms with Crippen molar-refractivity contribution in [3.8, 4) is 6.07 Å². The van der Waals surface area contributed by atoms with Crippen LogP contribution < -0.4 is 5.32 Å². The van der Waals surface area contributed by atoms with E-state index in [2.05, 4.69) is 16.4 Å². The summed E-state index contributed by atoms with van der Waals surface area (Å²) >= 11 is 5.95. The lowest BCUT2D eigenvalue weighted by Gasteiger charge is -2.09. The molecular formula is C15H15ClN4O. The van der Waals surface area contributed by atoms with E-state index < -0.39 is 0 Å². The quantitative estimate of drug-likeness (QED) is 0.861. The summed E-state index contributed by atoms with van der Waals surface area (Å²) in [5.41, 5.74) is 2.09. The zero-order chi connectivity index (χ0) is 14.8. The van der Waals surface area contributed by atoms with E-state index in [0.717, 1.165) is 24.2 Å². The van der Waals surface area contributed by atoms with Gasteiger partial charge in [-0.05, 0) is 25.0 Å². The molecule has 1 amide bonds. The summed E-state index contributed by atoms with van der Waals surface area (Å²) in [6, 6.07) is 7.64. The number of alkyl halides is 1. The molecule has 3 rings (SSSR count). The molecule has 0 saturated heterocycles. The van der Waals surface area contributed by atoms with Gasteiger partial charge < -0.3 is 9.88 Å².